The van der Waals surface area contributed by atoms with Gasteiger partial charge in [0.2, 0.25) is 0 Å². The Bertz CT molecular complexity index is 309. The first-order valence-corrected chi connectivity index (χ1v) is 3.91. The van der Waals surface area contributed by atoms with Crippen molar-refractivity contribution in [3.05, 3.63) is 23.0 Å². The number of hydrogen-bond donors (Lipinski definition) is 2. The van der Waals surface area contributed by atoms with Gasteiger partial charge in [0.15, 0.2) is 0 Å². The predicted molar refractivity (Wildman–Crippen MR) is 51.3 cm³/mol. The fraction of sp³-hybridized carbons (Fsp3) is 0.250. The molecule has 12 heavy (non-hydrogen) atoms. The van der Waals surface area contributed by atoms with Gasteiger partial charge >= 0.3 is 0 Å². The van der Waals surface area contributed by atoms with Crippen LogP contribution >= 0.6 is 11.6 Å². The van der Waals surface area contributed by atoms with Crippen LogP contribution in [0.15, 0.2) is 12.3 Å². The molecule has 1 heterocycles. The molecule has 0 aliphatic rings. The van der Waals surface area contributed by atoms with Gasteiger partial charge in [-0.05, 0) is 13.0 Å². The SMILES string of the molecule is CNc1cc(Cl)ncc1C(C)=N. The van der Waals surface area contributed by atoms with E-state index in [1.165, 1.54) is 0 Å². The molecule has 0 aromatic carbocycles. The van der Waals surface area contributed by atoms with Gasteiger partial charge in [-0.1, -0.05) is 11.6 Å². The summed E-state index contributed by atoms with van der Waals surface area (Å²) in [5.74, 6) is 0. The Morgan fingerprint density at radius 1 is 1.67 bits per heavy atom. The molecule has 0 saturated carbocycles. The highest BCUT2D eigenvalue weighted by molar-refractivity contribution is 6.29. The maximum Gasteiger partial charge on any atom is 0.131 e. The number of anilines is 1. The van der Waals surface area contributed by atoms with Crippen LogP contribution in [0.4, 0.5) is 5.69 Å². The molecule has 1 rings (SSSR count). The second-order valence-electron chi connectivity index (χ2n) is 2.43. The number of nitrogens with one attached hydrogen (secondary N) is 2. The monoisotopic (exact) mass is 183 g/mol. The van der Waals surface area contributed by atoms with E-state index >= 15 is 0 Å². The second-order valence-corrected chi connectivity index (χ2v) is 2.81. The van der Waals surface area contributed by atoms with Crippen LogP contribution in [0, 0.1) is 5.41 Å². The molecule has 0 aliphatic carbocycles. The molecule has 0 saturated heterocycles. The Morgan fingerprint density at radius 3 is 2.83 bits per heavy atom. The van der Waals surface area contributed by atoms with E-state index in [0.717, 1.165) is 11.3 Å². The molecule has 64 valence electrons. The topological polar surface area (TPSA) is 48.8 Å². The molecule has 1 aromatic heterocycles. The predicted octanol–water partition coefficient (Wildman–Crippen LogP) is 2.16. The Balaban J connectivity index is 3.20. The van der Waals surface area contributed by atoms with E-state index in [0.29, 0.717) is 10.9 Å². The van der Waals surface area contributed by atoms with Crippen LogP contribution in [0.3, 0.4) is 0 Å². The number of aromatic nitrogens is 1. The molecular weight excluding hydrogens is 174 g/mol. The van der Waals surface area contributed by atoms with Crippen molar-refractivity contribution < 1.29 is 0 Å². The average Bonchev–Trinajstić information content (AvgIpc) is 2.03. The zero-order valence-electron chi connectivity index (χ0n) is 6.98. The van der Waals surface area contributed by atoms with E-state index in [2.05, 4.69) is 10.3 Å². The molecule has 3 nitrogen and oxygen atoms in total. The van der Waals surface area contributed by atoms with Gasteiger partial charge in [0.05, 0.1) is 0 Å². The molecule has 0 spiro atoms. The Labute approximate surface area is 76.3 Å². The number of pyridine rings is 1. The van der Waals surface area contributed by atoms with Crippen LogP contribution in [-0.2, 0) is 0 Å². The Hall–Kier alpha value is -1.09. The lowest BCUT2D eigenvalue weighted by Crippen LogP contribution is -2.00. The summed E-state index contributed by atoms with van der Waals surface area (Å²) in [6.07, 6.45) is 1.59. The van der Waals surface area contributed by atoms with Crippen LogP contribution in [0.25, 0.3) is 0 Å². The van der Waals surface area contributed by atoms with Crippen LogP contribution < -0.4 is 5.32 Å². The van der Waals surface area contributed by atoms with Gasteiger partial charge in [-0.2, -0.15) is 0 Å². The normalized spacial score (nSPS) is 9.58. The summed E-state index contributed by atoms with van der Waals surface area (Å²) in [6, 6.07) is 1.70. The largest absolute Gasteiger partial charge is 0.387 e. The van der Waals surface area contributed by atoms with E-state index in [1.807, 2.05) is 0 Å². The standard InChI is InChI=1S/C8H10ClN3/c1-5(10)6-4-12-8(9)3-7(6)11-2/h3-4,10H,1-2H3,(H,11,12). The van der Waals surface area contributed by atoms with E-state index in [1.54, 1.807) is 26.2 Å². The lowest BCUT2D eigenvalue weighted by atomic mass is 10.1. The summed E-state index contributed by atoms with van der Waals surface area (Å²) >= 11 is 5.68. The number of rotatable bonds is 2. The molecule has 0 radical (unpaired) electrons. The van der Waals surface area contributed by atoms with Crippen molar-refractivity contribution in [1.29, 1.82) is 5.41 Å². The summed E-state index contributed by atoms with van der Waals surface area (Å²) in [5.41, 5.74) is 2.09. The summed E-state index contributed by atoms with van der Waals surface area (Å²) in [4.78, 5) is 3.89. The minimum absolute atomic E-state index is 0.435. The van der Waals surface area contributed by atoms with Crippen molar-refractivity contribution in [1.82, 2.24) is 4.98 Å². The first-order valence-electron chi connectivity index (χ1n) is 3.54. The van der Waals surface area contributed by atoms with E-state index in [4.69, 9.17) is 17.0 Å². The maximum atomic E-state index is 7.43. The minimum Gasteiger partial charge on any atom is -0.387 e. The third kappa shape index (κ3) is 1.74. The number of nitrogens with zero attached hydrogens (tertiary/aromatic N) is 1. The van der Waals surface area contributed by atoms with E-state index in [-0.39, 0.29) is 0 Å². The quantitative estimate of drug-likeness (QED) is 0.545. The van der Waals surface area contributed by atoms with Gasteiger partial charge in [0.1, 0.15) is 5.15 Å². The van der Waals surface area contributed by atoms with Crippen LogP contribution in [0.2, 0.25) is 5.15 Å². The lowest BCUT2D eigenvalue weighted by molar-refractivity contribution is 1.29. The minimum atomic E-state index is 0.435. The molecule has 2 N–H and O–H groups in total. The third-order valence-corrected chi connectivity index (χ3v) is 1.75. The summed E-state index contributed by atoms with van der Waals surface area (Å²) in [7, 11) is 1.79. The van der Waals surface area contributed by atoms with Gasteiger partial charge in [-0.3, -0.25) is 0 Å². The number of halogens is 1. The highest BCUT2D eigenvalue weighted by atomic mass is 35.5. The first-order chi connectivity index (χ1) is 5.65. The van der Waals surface area contributed by atoms with Crippen molar-refractivity contribution >= 4 is 23.0 Å². The molecule has 0 atom stereocenters. The maximum absolute atomic E-state index is 7.43. The van der Waals surface area contributed by atoms with Crippen LogP contribution in [-0.4, -0.2) is 17.7 Å². The van der Waals surface area contributed by atoms with Crippen LogP contribution in [0.1, 0.15) is 12.5 Å². The third-order valence-electron chi connectivity index (χ3n) is 1.54. The van der Waals surface area contributed by atoms with Crippen molar-refractivity contribution in [3.8, 4) is 0 Å². The smallest absolute Gasteiger partial charge is 0.131 e. The average molecular weight is 184 g/mol. The molecule has 0 fully saturated rings. The van der Waals surface area contributed by atoms with Crippen molar-refractivity contribution in [2.75, 3.05) is 12.4 Å². The zero-order valence-corrected chi connectivity index (χ0v) is 7.74. The van der Waals surface area contributed by atoms with Gasteiger partial charge < -0.3 is 10.7 Å². The highest BCUT2D eigenvalue weighted by Crippen LogP contribution is 2.18. The Morgan fingerprint density at radius 2 is 2.33 bits per heavy atom. The summed E-state index contributed by atoms with van der Waals surface area (Å²) < 4.78 is 0. The molecule has 1 aromatic rings. The van der Waals surface area contributed by atoms with E-state index < -0.39 is 0 Å². The van der Waals surface area contributed by atoms with Gasteiger partial charge in [-0.15, -0.1) is 0 Å². The zero-order chi connectivity index (χ0) is 9.14. The fourth-order valence-electron chi connectivity index (χ4n) is 0.936. The summed E-state index contributed by atoms with van der Waals surface area (Å²) in [5, 5.41) is 10.8. The van der Waals surface area contributed by atoms with Gasteiger partial charge in [0, 0.05) is 30.2 Å². The van der Waals surface area contributed by atoms with Gasteiger partial charge in [-0.25, -0.2) is 4.98 Å². The van der Waals surface area contributed by atoms with Crippen LogP contribution in [0.5, 0.6) is 0 Å². The highest BCUT2D eigenvalue weighted by Gasteiger charge is 2.03. The van der Waals surface area contributed by atoms with Crippen molar-refractivity contribution in [2.24, 2.45) is 0 Å². The second kappa shape index (κ2) is 3.54. The molecule has 0 amide bonds. The Kier molecular flexibility index (Phi) is 2.65. The number of hydrogen-bond acceptors (Lipinski definition) is 3. The molecular formula is C8H10ClN3. The van der Waals surface area contributed by atoms with Crippen molar-refractivity contribution in [2.45, 2.75) is 6.92 Å². The molecule has 0 bridgehead atoms. The molecule has 0 aliphatic heterocycles. The van der Waals surface area contributed by atoms with Crippen molar-refractivity contribution in [3.63, 3.8) is 0 Å². The molecule has 0 unspecified atom stereocenters. The van der Waals surface area contributed by atoms with E-state index in [9.17, 15) is 0 Å². The fourth-order valence-corrected chi connectivity index (χ4v) is 1.09. The summed E-state index contributed by atoms with van der Waals surface area (Å²) in [6.45, 7) is 1.71. The lowest BCUT2D eigenvalue weighted by Gasteiger charge is -2.06. The first kappa shape index (κ1) is 9.00. The van der Waals surface area contributed by atoms with Gasteiger partial charge in [0.25, 0.3) is 0 Å². The molecule has 4 heteroatoms.